The summed E-state index contributed by atoms with van der Waals surface area (Å²) in [6.07, 6.45) is 7.76. The van der Waals surface area contributed by atoms with Crippen LogP contribution in [0.1, 0.15) is 72.6 Å². The summed E-state index contributed by atoms with van der Waals surface area (Å²) in [6.45, 7) is 8.75. The van der Waals surface area contributed by atoms with Gasteiger partial charge in [0.25, 0.3) is 0 Å². The highest BCUT2D eigenvalue weighted by Crippen LogP contribution is 2.66. The number of sulfone groups is 1. The Labute approximate surface area is 165 Å². The molecule has 1 amide bonds. The Bertz CT molecular complexity index is 734. The topological polar surface area (TPSA) is 54.5 Å². The zero-order valence-electron chi connectivity index (χ0n) is 17.7. The minimum Gasteiger partial charge on any atom is -0.341 e. The average Bonchev–Trinajstić information content (AvgIpc) is 3.01. The predicted molar refractivity (Wildman–Crippen MR) is 108 cm³/mol. The second kappa shape index (κ2) is 6.21. The third-order valence-corrected chi connectivity index (χ3v) is 11.9. The Balaban J connectivity index is 1.86. The maximum absolute atomic E-state index is 13.3. The van der Waals surface area contributed by atoms with Crippen molar-refractivity contribution in [2.24, 2.45) is 34.5 Å². The van der Waals surface area contributed by atoms with E-state index in [1.165, 1.54) is 32.1 Å². The van der Waals surface area contributed by atoms with Crippen LogP contribution in [0.4, 0.5) is 0 Å². The maximum Gasteiger partial charge on any atom is 0.222 e. The molecule has 4 rings (SSSR count). The number of piperidine rings is 1. The number of likely N-dealkylation sites (tertiary alicyclic amines) is 1. The van der Waals surface area contributed by atoms with Crippen molar-refractivity contribution < 1.29 is 13.2 Å². The Morgan fingerprint density at radius 3 is 2.48 bits per heavy atom. The molecule has 4 aliphatic rings. The molecular formula is C22H37NO3S. The van der Waals surface area contributed by atoms with Crippen LogP contribution in [0.3, 0.4) is 0 Å². The highest BCUT2D eigenvalue weighted by Gasteiger charge is 2.65. The average molecular weight is 396 g/mol. The van der Waals surface area contributed by atoms with Crippen LogP contribution in [-0.4, -0.2) is 43.3 Å². The number of hydrogen-bond acceptors (Lipinski definition) is 3. The predicted octanol–water partition coefficient (Wildman–Crippen LogP) is 3.90. The Kier molecular flexibility index (Phi) is 4.53. The van der Waals surface area contributed by atoms with Gasteiger partial charge in [-0.05, 0) is 66.6 Å². The molecule has 3 unspecified atom stereocenters. The molecule has 0 spiro atoms. The summed E-state index contributed by atoms with van der Waals surface area (Å²) in [5, 5.41) is -0.411. The summed E-state index contributed by atoms with van der Waals surface area (Å²) in [7, 11) is -1.37. The first kappa shape index (κ1) is 19.7. The van der Waals surface area contributed by atoms with E-state index in [1.807, 2.05) is 11.9 Å². The van der Waals surface area contributed by atoms with Gasteiger partial charge in [0.2, 0.25) is 5.91 Å². The Morgan fingerprint density at radius 1 is 1.11 bits per heavy atom. The summed E-state index contributed by atoms with van der Waals surface area (Å²) < 4.78 is 26.6. The van der Waals surface area contributed by atoms with Crippen LogP contribution in [0.5, 0.6) is 0 Å². The molecule has 8 atom stereocenters. The highest BCUT2D eigenvalue weighted by molar-refractivity contribution is 7.92. The van der Waals surface area contributed by atoms with Crippen molar-refractivity contribution in [1.82, 2.24) is 4.90 Å². The molecule has 3 saturated carbocycles. The third-order valence-electron chi connectivity index (χ3n) is 9.58. The molecule has 4 nitrogen and oxygen atoms in total. The van der Waals surface area contributed by atoms with Gasteiger partial charge in [-0.2, -0.15) is 0 Å². The molecule has 1 aliphatic heterocycles. The van der Waals surface area contributed by atoms with Crippen LogP contribution in [0.2, 0.25) is 0 Å². The van der Waals surface area contributed by atoms with Crippen molar-refractivity contribution in [1.29, 1.82) is 0 Å². The molecule has 1 saturated heterocycles. The monoisotopic (exact) mass is 395 g/mol. The molecule has 4 fully saturated rings. The Hall–Kier alpha value is -0.580. The van der Waals surface area contributed by atoms with Crippen molar-refractivity contribution in [3.63, 3.8) is 0 Å². The van der Waals surface area contributed by atoms with Gasteiger partial charge in [-0.1, -0.05) is 34.1 Å². The number of fused-ring (bicyclic) bond motifs is 5. The van der Waals surface area contributed by atoms with Crippen LogP contribution >= 0.6 is 0 Å². The molecule has 5 heteroatoms. The second-order valence-electron chi connectivity index (χ2n) is 10.6. The molecule has 0 aromatic heterocycles. The molecule has 0 aromatic rings. The lowest BCUT2D eigenvalue weighted by Gasteiger charge is -2.65. The van der Waals surface area contributed by atoms with Crippen molar-refractivity contribution in [3.05, 3.63) is 0 Å². The first-order valence-corrected chi connectivity index (χ1v) is 12.8. The van der Waals surface area contributed by atoms with Crippen molar-refractivity contribution in [2.75, 3.05) is 12.8 Å². The quantitative estimate of drug-likeness (QED) is 0.712. The van der Waals surface area contributed by atoms with Crippen molar-refractivity contribution in [2.45, 2.75) is 83.9 Å². The van der Waals surface area contributed by atoms with Crippen LogP contribution in [0, 0.1) is 34.5 Å². The summed E-state index contributed by atoms with van der Waals surface area (Å²) in [4.78, 5) is 14.4. The van der Waals surface area contributed by atoms with Gasteiger partial charge in [0.1, 0.15) is 0 Å². The first-order chi connectivity index (χ1) is 12.6. The number of amides is 1. The molecule has 27 heavy (non-hydrogen) atoms. The molecule has 0 radical (unpaired) electrons. The summed E-state index contributed by atoms with van der Waals surface area (Å²) >= 11 is 0. The molecule has 0 bridgehead atoms. The van der Waals surface area contributed by atoms with E-state index in [1.54, 1.807) is 6.92 Å². The summed E-state index contributed by atoms with van der Waals surface area (Å²) in [5.74, 6) is 2.13. The van der Waals surface area contributed by atoms with E-state index < -0.39 is 15.1 Å². The van der Waals surface area contributed by atoms with Gasteiger partial charge >= 0.3 is 0 Å². The van der Waals surface area contributed by atoms with E-state index >= 15 is 0 Å². The van der Waals surface area contributed by atoms with E-state index in [4.69, 9.17) is 0 Å². The van der Waals surface area contributed by atoms with E-state index in [-0.39, 0.29) is 29.0 Å². The standard InChI is InChI=1S/C22H37NO3S/c1-6-27(25,26)19-14(2)18-15-8-7-11-21(15,3)12-9-16(18)22(4)13-10-17(24)23(5)20(19)22/h14-16,18-20H,6-13H2,1-5H3/t14?,15-,16+,18-,19?,20?,21-,22+/m0/s1. The van der Waals surface area contributed by atoms with Crippen LogP contribution in [-0.2, 0) is 14.6 Å². The minimum absolute atomic E-state index is 0.0728. The third kappa shape index (κ3) is 2.59. The molecular weight excluding hydrogens is 358 g/mol. The number of rotatable bonds is 2. The SMILES string of the molecule is CCS(=O)(=O)C1C(C)[C@@H]2[C@@H](CC[C@]3(C)CCC[C@@H]23)[C@@]2(C)CCC(=O)N(C)C12. The molecule has 154 valence electrons. The highest BCUT2D eigenvalue weighted by atomic mass is 32.2. The van der Waals surface area contributed by atoms with E-state index in [9.17, 15) is 13.2 Å². The lowest BCUT2D eigenvalue weighted by molar-refractivity contribution is -0.163. The molecule has 1 heterocycles. The maximum atomic E-state index is 13.3. The van der Waals surface area contributed by atoms with Gasteiger partial charge in [0.05, 0.1) is 11.3 Å². The van der Waals surface area contributed by atoms with E-state index in [2.05, 4.69) is 20.8 Å². The van der Waals surface area contributed by atoms with Gasteiger partial charge in [-0.3, -0.25) is 4.79 Å². The molecule has 0 aromatic carbocycles. The largest absolute Gasteiger partial charge is 0.341 e. The van der Waals surface area contributed by atoms with Crippen LogP contribution in [0.15, 0.2) is 0 Å². The van der Waals surface area contributed by atoms with Crippen molar-refractivity contribution >= 4 is 15.7 Å². The zero-order chi connectivity index (χ0) is 19.8. The summed E-state index contributed by atoms with van der Waals surface area (Å²) in [5.41, 5.74) is 0.326. The van der Waals surface area contributed by atoms with Gasteiger partial charge in [0.15, 0.2) is 9.84 Å². The fourth-order valence-corrected chi connectivity index (χ4v) is 10.3. The second-order valence-corrected chi connectivity index (χ2v) is 13.1. The fraction of sp³-hybridized carbons (Fsp3) is 0.955. The Morgan fingerprint density at radius 2 is 1.81 bits per heavy atom. The molecule has 3 aliphatic carbocycles. The normalized spacial score (nSPS) is 50.1. The van der Waals surface area contributed by atoms with E-state index in [0.717, 1.165) is 6.42 Å². The van der Waals surface area contributed by atoms with Crippen molar-refractivity contribution in [3.8, 4) is 0 Å². The molecule has 0 N–H and O–H groups in total. The lowest BCUT2D eigenvalue weighted by Crippen LogP contribution is -2.70. The van der Waals surface area contributed by atoms with Crippen LogP contribution in [0.25, 0.3) is 0 Å². The smallest absolute Gasteiger partial charge is 0.222 e. The summed E-state index contributed by atoms with van der Waals surface area (Å²) in [6, 6.07) is -0.161. The number of carbonyl (C=O) groups excluding carboxylic acids is 1. The number of nitrogens with zero attached hydrogens (tertiary/aromatic N) is 1. The lowest BCUT2D eigenvalue weighted by atomic mass is 9.45. The number of carbonyl (C=O) groups is 1. The van der Waals surface area contributed by atoms with Crippen LogP contribution < -0.4 is 0 Å². The first-order valence-electron chi connectivity index (χ1n) is 11.0. The van der Waals surface area contributed by atoms with Gasteiger partial charge < -0.3 is 4.90 Å². The van der Waals surface area contributed by atoms with E-state index in [0.29, 0.717) is 29.6 Å². The van der Waals surface area contributed by atoms with Gasteiger partial charge in [-0.15, -0.1) is 0 Å². The fourth-order valence-electron chi connectivity index (χ4n) is 8.21. The van der Waals surface area contributed by atoms with Gasteiger partial charge in [-0.25, -0.2) is 8.42 Å². The minimum atomic E-state index is -3.23. The number of hydrogen-bond donors (Lipinski definition) is 0. The van der Waals surface area contributed by atoms with Gasteiger partial charge in [0, 0.05) is 19.2 Å². The zero-order valence-corrected chi connectivity index (χ0v) is 18.5.